The Hall–Kier alpha value is -2.98. The lowest BCUT2D eigenvalue weighted by Gasteiger charge is -2.37. The van der Waals surface area contributed by atoms with E-state index in [4.69, 9.17) is 18.9 Å². The minimum atomic E-state index is -0.588. The van der Waals surface area contributed by atoms with Crippen molar-refractivity contribution in [3.05, 3.63) is 46.1 Å². The number of hydrogen-bond acceptors (Lipinski definition) is 9. The van der Waals surface area contributed by atoms with Crippen LogP contribution in [0.4, 0.5) is 0 Å². The molecule has 9 nitrogen and oxygen atoms in total. The van der Waals surface area contributed by atoms with Crippen LogP contribution in [0.15, 0.2) is 45.6 Å². The summed E-state index contributed by atoms with van der Waals surface area (Å²) in [7, 11) is 3.17. The molecule has 1 aromatic rings. The van der Waals surface area contributed by atoms with Crippen LogP contribution in [0, 0.1) is 0 Å². The average Bonchev–Trinajstić information content (AvgIpc) is 3.25. The van der Waals surface area contributed by atoms with E-state index in [9.17, 15) is 9.59 Å². The number of benzene rings is 1. The highest BCUT2D eigenvalue weighted by Crippen LogP contribution is 2.47. The van der Waals surface area contributed by atoms with Crippen LogP contribution in [0.1, 0.15) is 31.9 Å². The number of allylic oxidation sites excluding steroid dienone is 1. The SMILES string of the molecule is CCOC(=O)C1=C(C)N=C2SC=C(CC(=O)N3CCOCC3)N2[C@H]1c1cc(OC)ccc1OC. The van der Waals surface area contributed by atoms with Gasteiger partial charge < -0.3 is 28.7 Å². The molecule has 0 unspecified atom stereocenters. The zero-order chi connectivity index (χ0) is 24.2. The Morgan fingerprint density at radius 2 is 1.97 bits per heavy atom. The lowest BCUT2D eigenvalue weighted by molar-refractivity contribution is -0.139. The van der Waals surface area contributed by atoms with Gasteiger partial charge >= 0.3 is 5.97 Å². The van der Waals surface area contributed by atoms with E-state index in [-0.39, 0.29) is 18.9 Å². The van der Waals surface area contributed by atoms with Crippen LogP contribution < -0.4 is 9.47 Å². The minimum Gasteiger partial charge on any atom is -0.497 e. The molecular weight excluding hydrogens is 458 g/mol. The third kappa shape index (κ3) is 4.65. The van der Waals surface area contributed by atoms with Crippen LogP contribution >= 0.6 is 11.8 Å². The number of esters is 1. The first-order valence-corrected chi connectivity index (χ1v) is 12.0. The molecule has 1 fully saturated rings. The maximum absolute atomic E-state index is 13.1. The summed E-state index contributed by atoms with van der Waals surface area (Å²) in [6.07, 6.45) is 0.184. The second-order valence-corrected chi connectivity index (χ2v) is 8.73. The summed E-state index contributed by atoms with van der Waals surface area (Å²) < 4.78 is 21.9. The Kier molecular flexibility index (Phi) is 7.47. The van der Waals surface area contributed by atoms with E-state index in [2.05, 4.69) is 4.99 Å². The number of thioether (sulfide) groups is 1. The number of amides is 1. The van der Waals surface area contributed by atoms with Gasteiger partial charge in [-0.1, -0.05) is 11.8 Å². The van der Waals surface area contributed by atoms with Crippen molar-refractivity contribution < 1.29 is 28.5 Å². The largest absolute Gasteiger partial charge is 0.497 e. The van der Waals surface area contributed by atoms with Gasteiger partial charge in [-0.3, -0.25) is 4.79 Å². The molecular formula is C24H29N3O6S. The van der Waals surface area contributed by atoms with Gasteiger partial charge in [0.25, 0.3) is 0 Å². The number of ether oxygens (including phenoxy) is 4. The van der Waals surface area contributed by atoms with Crippen molar-refractivity contribution in [2.45, 2.75) is 26.3 Å². The maximum atomic E-state index is 13.1. The number of aliphatic imine (C=N–C) groups is 1. The standard InChI is InChI=1S/C24H29N3O6S/c1-5-33-23(29)21-15(2)25-24-27(22(21)18-13-17(30-3)6-7-19(18)31-4)16(14-34-24)12-20(28)26-8-10-32-11-9-26/h6-7,13-14,22H,5,8-12H2,1-4H3/t22-/m0/s1. The van der Waals surface area contributed by atoms with Crippen molar-refractivity contribution in [3.8, 4) is 11.5 Å². The molecule has 0 N–H and O–H groups in total. The molecule has 34 heavy (non-hydrogen) atoms. The second-order valence-electron chi connectivity index (χ2n) is 7.89. The van der Waals surface area contributed by atoms with Crippen LogP contribution in [0.2, 0.25) is 0 Å². The monoisotopic (exact) mass is 487 g/mol. The fourth-order valence-corrected chi connectivity index (χ4v) is 5.23. The predicted molar refractivity (Wildman–Crippen MR) is 129 cm³/mol. The van der Waals surface area contributed by atoms with Gasteiger partial charge in [-0.25, -0.2) is 9.79 Å². The Balaban J connectivity index is 1.77. The third-order valence-electron chi connectivity index (χ3n) is 5.92. The lowest BCUT2D eigenvalue weighted by atomic mass is 9.92. The Bertz CT molecular complexity index is 1060. The first-order chi connectivity index (χ1) is 16.5. The van der Waals surface area contributed by atoms with Crippen molar-refractivity contribution in [1.82, 2.24) is 9.80 Å². The second kappa shape index (κ2) is 10.5. The fourth-order valence-electron chi connectivity index (χ4n) is 4.27. The van der Waals surface area contributed by atoms with Gasteiger partial charge in [-0.15, -0.1) is 0 Å². The molecule has 3 aliphatic rings. The summed E-state index contributed by atoms with van der Waals surface area (Å²) in [5, 5.41) is 2.63. The zero-order valence-electron chi connectivity index (χ0n) is 19.8. The molecule has 3 aliphatic heterocycles. The normalized spacial score (nSPS) is 19.9. The van der Waals surface area contributed by atoms with Crippen molar-refractivity contribution >= 4 is 28.8 Å². The van der Waals surface area contributed by atoms with Crippen LogP contribution in [-0.4, -0.2) is 74.0 Å². The molecule has 1 atom stereocenters. The average molecular weight is 488 g/mol. The molecule has 0 radical (unpaired) electrons. The third-order valence-corrected chi connectivity index (χ3v) is 6.81. The topological polar surface area (TPSA) is 89.9 Å². The number of amidine groups is 1. The lowest BCUT2D eigenvalue weighted by Crippen LogP contribution is -2.42. The molecule has 0 aliphatic carbocycles. The van der Waals surface area contributed by atoms with Gasteiger partial charge in [0.1, 0.15) is 11.5 Å². The summed E-state index contributed by atoms with van der Waals surface area (Å²) in [5.74, 6) is 0.782. The van der Waals surface area contributed by atoms with Crippen molar-refractivity contribution in [3.63, 3.8) is 0 Å². The Morgan fingerprint density at radius 1 is 1.21 bits per heavy atom. The van der Waals surface area contributed by atoms with E-state index in [1.807, 2.05) is 27.3 Å². The number of fused-ring (bicyclic) bond motifs is 1. The summed E-state index contributed by atoms with van der Waals surface area (Å²) in [4.78, 5) is 34.7. The van der Waals surface area contributed by atoms with E-state index in [0.717, 1.165) is 11.3 Å². The molecule has 4 rings (SSSR count). The van der Waals surface area contributed by atoms with Gasteiger partial charge in [0.2, 0.25) is 5.91 Å². The van der Waals surface area contributed by atoms with Crippen LogP contribution in [0.3, 0.4) is 0 Å². The molecule has 0 aromatic heterocycles. The van der Waals surface area contributed by atoms with Crippen molar-refractivity contribution in [1.29, 1.82) is 0 Å². The molecule has 182 valence electrons. The Labute approximate surface area is 203 Å². The highest BCUT2D eigenvalue weighted by molar-refractivity contribution is 8.16. The van der Waals surface area contributed by atoms with Crippen LogP contribution in [0.25, 0.3) is 0 Å². The van der Waals surface area contributed by atoms with Gasteiger partial charge in [0.15, 0.2) is 5.17 Å². The number of nitrogens with zero attached hydrogens (tertiary/aromatic N) is 3. The number of rotatable bonds is 7. The number of carbonyl (C=O) groups excluding carboxylic acids is 2. The van der Waals surface area contributed by atoms with Gasteiger partial charge in [0, 0.05) is 24.4 Å². The predicted octanol–water partition coefficient (Wildman–Crippen LogP) is 3.09. The van der Waals surface area contributed by atoms with Gasteiger partial charge in [-0.2, -0.15) is 0 Å². The van der Waals surface area contributed by atoms with E-state index < -0.39 is 12.0 Å². The fraction of sp³-hybridized carbons (Fsp3) is 0.458. The van der Waals surface area contributed by atoms with E-state index in [0.29, 0.717) is 54.2 Å². The molecule has 0 spiro atoms. The van der Waals surface area contributed by atoms with E-state index in [1.165, 1.54) is 11.8 Å². The molecule has 1 amide bonds. The minimum absolute atomic E-state index is 0.0108. The molecule has 10 heteroatoms. The van der Waals surface area contributed by atoms with E-state index in [1.54, 1.807) is 34.1 Å². The quantitative estimate of drug-likeness (QED) is 0.542. The summed E-state index contributed by atoms with van der Waals surface area (Å²) >= 11 is 1.44. The number of carbonyl (C=O) groups is 2. The molecule has 0 saturated carbocycles. The molecule has 1 saturated heterocycles. The number of methoxy groups -OCH3 is 2. The summed E-state index contributed by atoms with van der Waals surface area (Å²) in [6, 6.07) is 4.88. The Morgan fingerprint density at radius 3 is 2.65 bits per heavy atom. The molecule has 3 heterocycles. The molecule has 1 aromatic carbocycles. The van der Waals surface area contributed by atoms with Crippen LogP contribution in [0.5, 0.6) is 11.5 Å². The smallest absolute Gasteiger partial charge is 0.338 e. The summed E-state index contributed by atoms with van der Waals surface area (Å²) in [5.41, 5.74) is 2.47. The maximum Gasteiger partial charge on any atom is 0.338 e. The molecule has 0 bridgehead atoms. The van der Waals surface area contributed by atoms with Crippen molar-refractivity contribution in [2.24, 2.45) is 4.99 Å². The van der Waals surface area contributed by atoms with Crippen LogP contribution in [-0.2, 0) is 19.1 Å². The zero-order valence-corrected chi connectivity index (χ0v) is 20.6. The van der Waals surface area contributed by atoms with E-state index >= 15 is 0 Å². The van der Waals surface area contributed by atoms with Gasteiger partial charge in [0.05, 0.1) is 57.8 Å². The highest BCUT2D eigenvalue weighted by atomic mass is 32.2. The highest BCUT2D eigenvalue weighted by Gasteiger charge is 2.42. The van der Waals surface area contributed by atoms with Crippen molar-refractivity contribution in [2.75, 3.05) is 47.1 Å². The first kappa shape index (κ1) is 24.2. The van der Waals surface area contributed by atoms with Gasteiger partial charge in [-0.05, 0) is 37.5 Å². The first-order valence-electron chi connectivity index (χ1n) is 11.2. The number of morpholine rings is 1. The number of hydrogen-bond donors (Lipinski definition) is 0. The summed E-state index contributed by atoms with van der Waals surface area (Å²) in [6.45, 7) is 6.02.